The van der Waals surface area contributed by atoms with E-state index < -0.39 is 5.41 Å². The summed E-state index contributed by atoms with van der Waals surface area (Å²) >= 11 is 0. The molecule has 1 N–H and O–H groups in total. The fourth-order valence-corrected chi connectivity index (χ4v) is 3.89. The number of ether oxygens (including phenoxy) is 1. The van der Waals surface area contributed by atoms with Gasteiger partial charge in [0.05, 0.1) is 24.8 Å². The van der Waals surface area contributed by atoms with E-state index in [-0.39, 0.29) is 29.7 Å². The summed E-state index contributed by atoms with van der Waals surface area (Å²) in [6.45, 7) is 13.3. The largest absolute Gasteiger partial charge is 0.378 e. The van der Waals surface area contributed by atoms with Crippen LogP contribution in [0.4, 0.5) is 5.95 Å². The van der Waals surface area contributed by atoms with Gasteiger partial charge in [0.15, 0.2) is 0 Å². The summed E-state index contributed by atoms with van der Waals surface area (Å²) in [6.07, 6.45) is 1.75. The van der Waals surface area contributed by atoms with E-state index in [4.69, 9.17) is 9.72 Å². The highest BCUT2D eigenvalue weighted by Crippen LogP contribution is 2.35. The molecule has 8 nitrogen and oxygen atoms in total. The zero-order valence-corrected chi connectivity index (χ0v) is 18.1. The third-order valence-electron chi connectivity index (χ3n) is 5.35. The highest BCUT2D eigenvalue weighted by Gasteiger charge is 2.43. The van der Waals surface area contributed by atoms with Crippen LogP contribution < -0.4 is 10.2 Å². The van der Waals surface area contributed by atoms with E-state index in [0.29, 0.717) is 32.3 Å². The minimum atomic E-state index is -0.488. The first-order valence-corrected chi connectivity index (χ1v) is 10.4. The molecule has 8 heteroatoms. The molecular weight excluding hydrogens is 370 g/mol. The second-order valence-electron chi connectivity index (χ2n) is 9.22. The highest BCUT2D eigenvalue weighted by atomic mass is 16.5. The average molecular weight is 404 g/mol. The summed E-state index contributed by atoms with van der Waals surface area (Å²) in [5, 5.41) is 3.01. The molecule has 1 aromatic heterocycles. The molecule has 2 amide bonds. The molecule has 160 valence electrons. The maximum atomic E-state index is 12.9. The number of carbonyl (C=O) groups is 2. The maximum absolute atomic E-state index is 12.9. The third-order valence-corrected chi connectivity index (χ3v) is 5.35. The van der Waals surface area contributed by atoms with Gasteiger partial charge in [0.1, 0.15) is 0 Å². The number of nitrogens with one attached hydrogen (secondary N) is 1. The van der Waals surface area contributed by atoms with Crippen LogP contribution in [0.1, 0.15) is 46.2 Å². The Balaban J connectivity index is 1.87. The Morgan fingerprint density at radius 3 is 2.52 bits per heavy atom. The molecule has 0 bridgehead atoms. The molecule has 1 aromatic rings. The van der Waals surface area contributed by atoms with E-state index in [2.05, 4.69) is 15.2 Å². The van der Waals surface area contributed by atoms with Gasteiger partial charge in [-0.25, -0.2) is 9.97 Å². The summed E-state index contributed by atoms with van der Waals surface area (Å²) in [4.78, 5) is 38.9. The molecule has 0 saturated carbocycles. The van der Waals surface area contributed by atoms with Crippen LogP contribution in [0.15, 0.2) is 12.3 Å². The molecule has 0 aromatic carbocycles. The molecule has 0 unspecified atom stereocenters. The summed E-state index contributed by atoms with van der Waals surface area (Å²) in [6, 6.07) is 1.92. The summed E-state index contributed by atoms with van der Waals surface area (Å²) in [7, 11) is 0. The number of hydrogen-bond acceptors (Lipinski definition) is 6. The van der Waals surface area contributed by atoms with Crippen LogP contribution in [0.5, 0.6) is 0 Å². The molecule has 2 aliphatic rings. The van der Waals surface area contributed by atoms with Crippen molar-refractivity contribution in [3.8, 4) is 0 Å². The van der Waals surface area contributed by atoms with Crippen molar-refractivity contribution in [1.82, 2.24) is 20.2 Å². The van der Waals surface area contributed by atoms with Crippen LogP contribution in [0, 0.1) is 11.3 Å². The van der Waals surface area contributed by atoms with Gasteiger partial charge in [-0.05, 0) is 19.9 Å². The van der Waals surface area contributed by atoms with Gasteiger partial charge < -0.3 is 19.9 Å². The zero-order chi connectivity index (χ0) is 21.2. The Bertz CT molecular complexity index is 740. The van der Waals surface area contributed by atoms with Crippen molar-refractivity contribution in [1.29, 1.82) is 0 Å². The van der Waals surface area contributed by atoms with Crippen molar-refractivity contribution in [3.63, 3.8) is 0 Å². The number of likely N-dealkylation sites (tertiary alicyclic amines) is 1. The second-order valence-corrected chi connectivity index (χ2v) is 9.22. The lowest BCUT2D eigenvalue weighted by atomic mass is 9.91. The summed E-state index contributed by atoms with van der Waals surface area (Å²) < 4.78 is 5.41. The predicted octanol–water partition coefficient (Wildman–Crippen LogP) is 1.43. The normalized spacial score (nSPS) is 22.8. The summed E-state index contributed by atoms with van der Waals surface area (Å²) in [5.41, 5.74) is 0.327. The van der Waals surface area contributed by atoms with Gasteiger partial charge in [-0.1, -0.05) is 20.8 Å². The fourth-order valence-electron chi connectivity index (χ4n) is 3.89. The van der Waals surface area contributed by atoms with Gasteiger partial charge in [0.2, 0.25) is 17.8 Å². The number of rotatable bonds is 4. The van der Waals surface area contributed by atoms with Crippen LogP contribution in [0.2, 0.25) is 0 Å². The maximum Gasteiger partial charge on any atom is 0.227 e. The standard InChI is InChI=1S/C21H33N5O3/c1-14(2)23-18(27)16-13-26(19(28)21(3,4)5)12-15(16)17-6-7-22-20(24-17)25-8-10-29-11-9-25/h6-7,14-16H,8-13H2,1-5H3,(H,23,27)/t15-,16-/m0/s1. The van der Waals surface area contributed by atoms with Crippen LogP contribution in [0.25, 0.3) is 0 Å². The van der Waals surface area contributed by atoms with E-state index in [0.717, 1.165) is 18.8 Å². The van der Waals surface area contributed by atoms with Gasteiger partial charge >= 0.3 is 0 Å². The second kappa shape index (κ2) is 8.65. The van der Waals surface area contributed by atoms with Gasteiger partial charge in [0.25, 0.3) is 0 Å². The zero-order valence-electron chi connectivity index (χ0n) is 18.1. The lowest BCUT2D eigenvalue weighted by Crippen LogP contribution is -2.41. The lowest BCUT2D eigenvalue weighted by molar-refractivity contribution is -0.138. The number of morpholine rings is 1. The predicted molar refractivity (Wildman–Crippen MR) is 111 cm³/mol. The number of hydrogen-bond donors (Lipinski definition) is 1. The summed E-state index contributed by atoms with van der Waals surface area (Å²) in [5.74, 6) is 0.221. The van der Waals surface area contributed by atoms with Crippen molar-refractivity contribution in [2.24, 2.45) is 11.3 Å². The first-order chi connectivity index (χ1) is 13.7. The Labute approximate surface area is 173 Å². The Morgan fingerprint density at radius 1 is 1.21 bits per heavy atom. The van der Waals surface area contributed by atoms with Crippen LogP contribution >= 0.6 is 0 Å². The molecule has 0 radical (unpaired) electrons. The third kappa shape index (κ3) is 5.04. The molecule has 2 saturated heterocycles. The number of amides is 2. The van der Waals surface area contributed by atoms with Gasteiger partial charge in [-0.2, -0.15) is 0 Å². The molecule has 0 spiro atoms. The first kappa shape index (κ1) is 21.5. The Morgan fingerprint density at radius 2 is 1.90 bits per heavy atom. The van der Waals surface area contributed by atoms with E-state index in [1.54, 1.807) is 6.20 Å². The minimum Gasteiger partial charge on any atom is -0.378 e. The molecule has 2 aliphatic heterocycles. The lowest BCUT2D eigenvalue weighted by Gasteiger charge is -2.27. The van der Waals surface area contributed by atoms with Gasteiger partial charge in [0, 0.05) is 49.8 Å². The monoisotopic (exact) mass is 403 g/mol. The minimum absolute atomic E-state index is 0.0271. The molecule has 29 heavy (non-hydrogen) atoms. The molecule has 2 fully saturated rings. The number of aromatic nitrogens is 2. The van der Waals surface area contributed by atoms with E-state index >= 15 is 0 Å². The topological polar surface area (TPSA) is 87.7 Å². The first-order valence-electron chi connectivity index (χ1n) is 10.4. The molecule has 0 aliphatic carbocycles. The molecule has 3 rings (SSSR count). The van der Waals surface area contributed by atoms with Crippen molar-refractivity contribution >= 4 is 17.8 Å². The Kier molecular flexibility index (Phi) is 6.41. The van der Waals surface area contributed by atoms with E-state index in [1.807, 2.05) is 45.6 Å². The smallest absolute Gasteiger partial charge is 0.227 e. The van der Waals surface area contributed by atoms with Crippen molar-refractivity contribution < 1.29 is 14.3 Å². The Hall–Kier alpha value is -2.22. The van der Waals surface area contributed by atoms with Crippen LogP contribution in [-0.4, -0.2) is 72.1 Å². The van der Waals surface area contributed by atoms with Gasteiger partial charge in [-0.3, -0.25) is 9.59 Å². The SMILES string of the molecule is CC(C)NC(=O)[C@H]1CN(C(=O)C(C)(C)C)C[C@@H]1c1ccnc(N2CCOCC2)n1. The number of nitrogens with zero attached hydrogens (tertiary/aromatic N) is 4. The highest BCUT2D eigenvalue weighted by molar-refractivity contribution is 5.85. The van der Waals surface area contributed by atoms with Crippen molar-refractivity contribution in [2.75, 3.05) is 44.3 Å². The van der Waals surface area contributed by atoms with E-state index in [9.17, 15) is 9.59 Å². The number of anilines is 1. The van der Waals surface area contributed by atoms with Crippen LogP contribution in [-0.2, 0) is 14.3 Å². The molecular formula is C21H33N5O3. The van der Waals surface area contributed by atoms with Crippen LogP contribution in [0.3, 0.4) is 0 Å². The average Bonchev–Trinajstić information content (AvgIpc) is 3.12. The molecule has 2 atom stereocenters. The number of carbonyl (C=O) groups excluding carboxylic acids is 2. The fraction of sp³-hybridized carbons (Fsp3) is 0.714. The van der Waals surface area contributed by atoms with Crippen molar-refractivity contribution in [3.05, 3.63) is 18.0 Å². The van der Waals surface area contributed by atoms with Gasteiger partial charge in [-0.15, -0.1) is 0 Å². The molecule has 3 heterocycles. The van der Waals surface area contributed by atoms with Crippen molar-refractivity contribution in [2.45, 2.75) is 46.6 Å². The van der Waals surface area contributed by atoms with E-state index in [1.165, 1.54) is 0 Å². The quantitative estimate of drug-likeness (QED) is 0.818.